The summed E-state index contributed by atoms with van der Waals surface area (Å²) < 4.78 is 5.18. The second-order valence-corrected chi connectivity index (χ2v) is 7.73. The van der Waals surface area contributed by atoms with E-state index in [-0.39, 0.29) is 5.91 Å². The van der Waals surface area contributed by atoms with E-state index in [0.29, 0.717) is 12.0 Å². The average molecular weight is 364 g/mol. The maximum Gasteiger partial charge on any atom is 0.253 e. The van der Waals surface area contributed by atoms with E-state index in [9.17, 15) is 4.79 Å². The van der Waals surface area contributed by atoms with Gasteiger partial charge < -0.3 is 9.64 Å². The van der Waals surface area contributed by atoms with Crippen LogP contribution in [0.2, 0.25) is 0 Å². The van der Waals surface area contributed by atoms with E-state index in [4.69, 9.17) is 4.74 Å². The third-order valence-corrected chi connectivity index (χ3v) is 6.19. The van der Waals surface area contributed by atoms with Gasteiger partial charge in [0.15, 0.2) is 0 Å². The molecule has 1 fully saturated rings. The zero-order valence-corrected chi connectivity index (χ0v) is 16.2. The first-order valence-electron chi connectivity index (χ1n) is 9.88. The molecule has 4 nitrogen and oxygen atoms in total. The van der Waals surface area contributed by atoms with Crippen molar-refractivity contribution in [3.05, 3.63) is 65.2 Å². The number of methoxy groups -OCH3 is 1. The highest BCUT2D eigenvalue weighted by Crippen LogP contribution is 2.39. The normalized spacial score (nSPS) is 21.0. The van der Waals surface area contributed by atoms with Crippen LogP contribution in [0.4, 0.5) is 0 Å². The molecule has 0 saturated carbocycles. The SMILES string of the molecule is COc1ccc(C(=O)N2CCC(C3c4ccccc4CCN3C)CC2)cc1. The van der Waals surface area contributed by atoms with E-state index in [1.807, 2.05) is 29.2 Å². The van der Waals surface area contributed by atoms with Crippen LogP contribution in [0.25, 0.3) is 0 Å². The van der Waals surface area contributed by atoms with Gasteiger partial charge in [0.25, 0.3) is 5.91 Å². The standard InChI is InChI=1S/C23H28N2O2/c1-24-14-11-17-5-3-4-6-21(17)22(24)18-12-15-25(16-13-18)23(26)19-7-9-20(27-2)10-8-19/h3-10,18,22H,11-16H2,1-2H3. The van der Waals surface area contributed by atoms with Crippen LogP contribution >= 0.6 is 0 Å². The molecule has 1 atom stereocenters. The lowest BCUT2D eigenvalue weighted by atomic mass is 9.80. The number of piperidine rings is 1. The maximum atomic E-state index is 12.8. The minimum absolute atomic E-state index is 0.133. The van der Waals surface area contributed by atoms with Gasteiger partial charge in [0.05, 0.1) is 7.11 Å². The van der Waals surface area contributed by atoms with Gasteiger partial charge in [-0.1, -0.05) is 24.3 Å². The minimum atomic E-state index is 0.133. The summed E-state index contributed by atoms with van der Waals surface area (Å²) >= 11 is 0. The van der Waals surface area contributed by atoms with Gasteiger partial charge in [-0.25, -0.2) is 0 Å². The highest BCUT2D eigenvalue weighted by Gasteiger charge is 2.34. The number of hydrogen-bond acceptors (Lipinski definition) is 3. The fraction of sp³-hybridized carbons (Fsp3) is 0.435. The molecule has 0 N–H and O–H groups in total. The summed E-state index contributed by atoms with van der Waals surface area (Å²) in [4.78, 5) is 17.3. The molecule has 4 rings (SSSR count). The van der Waals surface area contributed by atoms with Crippen molar-refractivity contribution in [1.82, 2.24) is 9.80 Å². The number of benzene rings is 2. The Bertz CT molecular complexity index is 794. The van der Waals surface area contributed by atoms with Gasteiger partial charge in [0, 0.05) is 31.2 Å². The monoisotopic (exact) mass is 364 g/mol. The lowest BCUT2D eigenvalue weighted by Gasteiger charge is -2.43. The van der Waals surface area contributed by atoms with Crippen LogP contribution in [0.1, 0.15) is 40.4 Å². The summed E-state index contributed by atoms with van der Waals surface area (Å²) in [5.41, 5.74) is 3.73. The van der Waals surface area contributed by atoms with Crippen molar-refractivity contribution < 1.29 is 9.53 Å². The summed E-state index contributed by atoms with van der Waals surface area (Å²) in [5, 5.41) is 0. The van der Waals surface area contributed by atoms with Crippen LogP contribution in [-0.4, -0.2) is 49.5 Å². The third kappa shape index (κ3) is 3.59. The number of ether oxygens (including phenoxy) is 1. The lowest BCUT2D eigenvalue weighted by Crippen LogP contribution is -2.44. The average Bonchev–Trinajstić information content (AvgIpc) is 2.73. The van der Waals surface area contributed by atoms with Crippen molar-refractivity contribution >= 4 is 5.91 Å². The molecule has 0 aromatic heterocycles. The van der Waals surface area contributed by atoms with Crippen LogP contribution in [0.3, 0.4) is 0 Å². The molecule has 2 aromatic carbocycles. The summed E-state index contributed by atoms with van der Waals surface area (Å²) in [6, 6.07) is 16.8. The van der Waals surface area contributed by atoms with Crippen molar-refractivity contribution in [3.63, 3.8) is 0 Å². The van der Waals surface area contributed by atoms with Crippen molar-refractivity contribution in [2.45, 2.75) is 25.3 Å². The number of hydrogen-bond donors (Lipinski definition) is 0. The van der Waals surface area contributed by atoms with Gasteiger partial charge in [-0.2, -0.15) is 0 Å². The summed E-state index contributed by atoms with van der Waals surface area (Å²) in [7, 11) is 3.89. The Balaban J connectivity index is 1.43. The molecule has 2 heterocycles. The second kappa shape index (κ2) is 7.73. The first-order chi connectivity index (χ1) is 13.2. The number of likely N-dealkylation sites (tertiary alicyclic amines) is 1. The molecular weight excluding hydrogens is 336 g/mol. The van der Waals surface area contributed by atoms with E-state index >= 15 is 0 Å². The molecule has 2 aliphatic rings. The van der Waals surface area contributed by atoms with Gasteiger partial charge in [-0.05, 0) is 67.6 Å². The summed E-state index contributed by atoms with van der Waals surface area (Å²) in [6.45, 7) is 2.79. The Hall–Kier alpha value is -2.33. The number of nitrogens with zero attached hydrogens (tertiary/aromatic N) is 2. The summed E-state index contributed by atoms with van der Waals surface area (Å²) in [6.07, 6.45) is 3.26. The zero-order chi connectivity index (χ0) is 18.8. The molecule has 0 spiro atoms. The Kier molecular flexibility index (Phi) is 5.17. The summed E-state index contributed by atoms with van der Waals surface area (Å²) in [5.74, 6) is 1.52. The smallest absolute Gasteiger partial charge is 0.253 e. The maximum absolute atomic E-state index is 12.8. The van der Waals surface area contributed by atoms with Crippen LogP contribution in [0.15, 0.2) is 48.5 Å². The van der Waals surface area contributed by atoms with E-state index in [1.54, 1.807) is 7.11 Å². The van der Waals surface area contributed by atoms with E-state index in [2.05, 4.69) is 36.2 Å². The largest absolute Gasteiger partial charge is 0.497 e. The van der Waals surface area contributed by atoms with Crippen molar-refractivity contribution in [1.29, 1.82) is 0 Å². The van der Waals surface area contributed by atoms with E-state index < -0.39 is 0 Å². The molecule has 0 aliphatic carbocycles. The molecule has 0 radical (unpaired) electrons. The van der Waals surface area contributed by atoms with Crippen LogP contribution in [0.5, 0.6) is 5.75 Å². The quantitative estimate of drug-likeness (QED) is 0.831. The number of carbonyl (C=O) groups excluding carboxylic acids is 1. The molecular formula is C23H28N2O2. The zero-order valence-electron chi connectivity index (χ0n) is 16.2. The third-order valence-electron chi connectivity index (χ3n) is 6.19. The highest BCUT2D eigenvalue weighted by atomic mass is 16.5. The Morgan fingerprint density at radius 1 is 1.00 bits per heavy atom. The number of fused-ring (bicyclic) bond motifs is 1. The van der Waals surface area contributed by atoms with Gasteiger partial charge >= 0.3 is 0 Å². The highest BCUT2D eigenvalue weighted by molar-refractivity contribution is 5.94. The topological polar surface area (TPSA) is 32.8 Å². The fourth-order valence-electron chi connectivity index (χ4n) is 4.67. The number of likely N-dealkylation sites (N-methyl/N-ethyl adjacent to an activating group) is 1. The first-order valence-corrected chi connectivity index (χ1v) is 9.88. The lowest BCUT2D eigenvalue weighted by molar-refractivity contribution is 0.0598. The molecule has 1 saturated heterocycles. The van der Waals surface area contributed by atoms with Crippen molar-refractivity contribution in [3.8, 4) is 5.75 Å². The number of carbonyl (C=O) groups is 1. The molecule has 2 aliphatic heterocycles. The second-order valence-electron chi connectivity index (χ2n) is 7.73. The van der Waals surface area contributed by atoms with E-state index in [1.165, 1.54) is 11.1 Å². The van der Waals surface area contributed by atoms with Crippen LogP contribution < -0.4 is 4.74 Å². The predicted octanol–water partition coefficient (Wildman–Crippen LogP) is 3.78. The first kappa shape index (κ1) is 18.1. The molecule has 27 heavy (non-hydrogen) atoms. The number of rotatable bonds is 3. The Morgan fingerprint density at radius 2 is 1.70 bits per heavy atom. The Morgan fingerprint density at radius 3 is 2.41 bits per heavy atom. The van der Waals surface area contributed by atoms with Crippen molar-refractivity contribution in [2.24, 2.45) is 5.92 Å². The van der Waals surface area contributed by atoms with Crippen molar-refractivity contribution in [2.75, 3.05) is 33.8 Å². The van der Waals surface area contributed by atoms with Crippen LogP contribution in [-0.2, 0) is 6.42 Å². The van der Waals surface area contributed by atoms with Gasteiger partial charge in [-0.15, -0.1) is 0 Å². The predicted molar refractivity (Wildman–Crippen MR) is 107 cm³/mol. The molecule has 2 aromatic rings. The van der Waals surface area contributed by atoms with Gasteiger partial charge in [0.1, 0.15) is 5.75 Å². The Labute approximate surface area is 161 Å². The molecule has 0 bridgehead atoms. The van der Waals surface area contributed by atoms with Crippen LogP contribution in [0, 0.1) is 5.92 Å². The molecule has 142 valence electrons. The van der Waals surface area contributed by atoms with E-state index in [0.717, 1.165) is 50.2 Å². The molecule has 4 heteroatoms. The fourth-order valence-corrected chi connectivity index (χ4v) is 4.67. The minimum Gasteiger partial charge on any atom is -0.497 e. The molecule has 1 amide bonds. The number of amides is 1. The van der Waals surface area contributed by atoms with Gasteiger partial charge in [-0.3, -0.25) is 9.69 Å². The molecule has 1 unspecified atom stereocenters. The van der Waals surface area contributed by atoms with Gasteiger partial charge in [0.2, 0.25) is 0 Å².